The van der Waals surface area contributed by atoms with Crippen LogP contribution in [-0.2, 0) is 11.3 Å². The molecule has 0 bridgehead atoms. The van der Waals surface area contributed by atoms with Gasteiger partial charge >= 0.3 is 5.97 Å². The summed E-state index contributed by atoms with van der Waals surface area (Å²) in [5, 5.41) is 12.4. The van der Waals surface area contributed by atoms with Gasteiger partial charge in [0.1, 0.15) is 0 Å². The standard InChI is InChI=1S/C8H12N2O2/c1-7-5-9-10(6-7)4-2-3-8(11)12/h5-6H,2-4H2,1H3,(H,11,12). The number of hydrogen-bond donors (Lipinski definition) is 1. The third kappa shape index (κ3) is 2.74. The Morgan fingerprint density at radius 2 is 2.50 bits per heavy atom. The molecule has 0 aliphatic rings. The fourth-order valence-electron chi connectivity index (χ4n) is 0.982. The molecule has 0 atom stereocenters. The highest BCUT2D eigenvalue weighted by molar-refractivity contribution is 5.66. The van der Waals surface area contributed by atoms with Crippen LogP contribution >= 0.6 is 0 Å². The number of carbonyl (C=O) groups is 1. The van der Waals surface area contributed by atoms with Crippen molar-refractivity contribution in [3.8, 4) is 0 Å². The minimum absolute atomic E-state index is 0.207. The molecule has 0 amide bonds. The molecule has 0 saturated carbocycles. The molecule has 0 aliphatic carbocycles. The highest BCUT2D eigenvalue weighted by Crippen LogP contribution is 1.97. The lowest BCUT2D eigenvalue weighted by atomic mass is 10.3. The van der Waals surface area contributed by atoms with E-state index in [2.05, 4.69) is 5.10 Å². The number of carboxylic acids is 1. The summed E-state index contributed by atoms with van der Waals surface area (Å²) in [5.74, 6) is -0.751. The zero-order valence-electron chi connectivity index (χ0n) is 7.03. The van der Waals surface area contributed by atoms with Crippen LogP contribution in [0.15, 0.2) is 12.4 Å². The molecule has 4 nitrogen and oxygen atoms in total. The summed E-state index contributed by atoms with van der Waals surface area (Å²) in [4.78, 5) is 10.2. The van der Waals surface area contributed by atoms with E-state index in [0.29, 0.717) is 13.0 Å². The third-order valence-corrected chi connectivity index (χ3v) is 1.54. The summed E-state index contributed by atoms with van der Waals surface area (Å²) in [5.41, 5.74) is 1.10. The molecule has 0 spiro atoms. The first-order chi connectivity index (χ1) is 5.68. The van der Waals surface area contributed by atoms with E-state index in [-0.39, 0.29) is 6.42 Å². The van der Waals surface area contributed by atoms with Crippen molar-refractivity contribution in [1.29, 1.82) is 0 Å². The van der Waals surface area contributed by atoms with Crippen LogP contribution in [0.3, 0.4) is 0 Å². The quantitative estimate of drug-likeness (QED) is 0.731. The molecule has 0 unspecified atom stereocenters. The predicted molar refractivity (Wildman–Crippen MR) is 43.8 cm³/mol. The van der Waals surface area contributed by atoms with Crippen LogP contribution < -0.4 is 0 Å². The molecule has 12 heavy (non-hydrogen) atoms. The van der Waals surface area contributed by atoms with Gasteiger partial charge in [-0.15, -0.1) is 0 Å². The van der Waals surface area contributed by atoms with E-state index in [0.717, 1.165) is 5.56 Å². The first kappa shape index (κ1) is 8.77. The van der Waals surface area contributed by atoms with E-state index >= 15 is 0 Å². The molecule has 0 saturated heterocycles. The van der Waals surface area contributed by atoms with Crippen molar-refractivity contribution in [3.63, 3.8) is 0 Å². The number of carboxylic acid groups (broad SMARTS) is 1. The fraction of sp³-hybridized carbons (Fsp3) is 0.500. The summed E-state index contributed by atoms with van der Waals surface area (Å²) in [6.45, 7) is 2.64. The molecule has 0 radical (unpaired) electrons. The van der Waals surface area contributed by atoms with Crippen LogP contribution in [0.1, 0.15) is 18.4 Å². The number of rotatable bonds is 4. The van der Waals surface area contributed by atoms with Crippen LogP contribution in [0, 0.1) is 6.92 Å². The summed E-state index contributed by atoms with van der Waals surface area (Å²) >= 11 is 0. The highest BCUT2D eigenvalue weighted by atomic mass is 16.4. The Morgan fingerprint density at radius 3 is 3.00 bits per heavy atom. The SMILES string of the molecule is Cc1cnn(CCCC(=O)O)c1. The van der Waals surface area contributed by atoms with Gasteiger partial charge in [0.05, 0.1) is 6.20 Å². The second-order valence-corrected chi connectivity index (χ2v) is 2.78. The van der Waals surface area contributed by atoms with Gasteiger partial charge in [-0.1, -0.05) is 0 Å². The molecule has 1 rings (SSSR count). The number of aryl methyl sites for hydroxylation is 2. The molecule has 1 aromatic heterocycles. The molecule has 0 fully saturated rings. The lowest BCUT2D eigenvalue weighted by molar-refractivity contribution is -0.137. The zero-order chi connectivity index (χ0) is 8.97. The monoisotopic (exact) mass is 168 g/mol. The predicted octanol–water partition coefficient (Wildman–Crippen LogP) is 1.06. The third-order valence-electron chi connectivity index (χ3n) is 1.54. The Bertz CT molecular complexity index is 268. The van der Waals surface area contributed by atoms with E-state index in [4.69, 9.17) is 5.11 Å². The van der Waals surface area contributed by atoms with Crippen LogP contribution in [0.5, 0.6) is 0 Å². The van der Waals surface area contributed by atoms with E-state index in [1.165, 1.54) is 0 Å². The smallest absolute Gasteiger partial charge is 0.303 e. The minimum atomic E-state index is -0.751. The second-order valence-electron chi connectivity index (χ2n) is 2.78. The van der Waals surface area contributed by atoms with E-state index in [1.807, 2.05) is 13.1 Å². The Balaban J connectivity index is 2.29. The van der Waals surface area contributed by atoms with Gasteiger partial charge in [0.15, 0.2) is 0 Å². The fourth-order valence-corrected chi connectivity index (χ4v) is 0.982. The zero-order valence-corrected chi connectivity index (χ0v) is 7.03. The van der Waals surface area contributed by atoms with Crippen molar-refractivity contribution in [1.82, 2.24) is 9.78 Å². The van der Waals surface area contributed by atoms with Gasteiger partial charge in [0.2, 0.25) is 0 Å². The molecular formula is C8H12N2O2. The van der Waals surface area contributed by atoms with Gasteiger partial charge in [-0.2, -0.15) is 5.10 Å². The maximum Gasteiger partial charge on any atom is 0.303 e. The normalized spacial score (nSPS) is 10.1. The van der Waals surface area contributed by atoms with Crippen LogP contribution in [-0.4, -0.2) is 20.9 Å². The molecular weight excluding hydrogens is 156 g/mol. The van der Waals surface area contributed by atoms with Crippen molar-refractivity contribution in [2.24, 2.45) is 0 Å². The molecule has 4 heteroatoms. The topological polar surface area (TPSA) is 55.1 Å². The van der Waals surface area contributed by atoms with Gasteiger partial charge in [-0.05, 0) is 18.9 Å². The highest BCUT2D eigenvalue weighted by Gasteiger charge is 1.97. The van der Waals surface area contributed by atoms with Gasteiger partial charge in [0, 0.05) is 19.2 Å². The maximum absolute atomic E-state index is 10.2. The lowest BCUT2D eigenvalue weighted by Crippen LogP contribution is -2.01. The maximum atomic E-state index is 10.2. The van der Waals surface area contributed by atoms with E-state index in [1.54, 1.807) is 10.9 Å². The minimum Gasteiger partial charge on any atom is -0.481 e. The van der Waals surface area contributed by atoms with Crippen molar-refractivity contribution < 1.29 is 9.90 Å². The van der Waals surface area contributed by atoms with Crippen molar-refractivity contribution in [2.75, 3.05) is 0 Å². The van der Waals surface area contributed by atoms with Gasteiger partial charge in [-0.25, -0.2) is 0 Å². The number of nitrogens with zero attached hydrogens (tertiary/aromatic N) is 2. The summed E-state index contributed by atoms with van der Waals surface area (Å²) < 4.78 is 1.76. The van der Waals surface area contributed by atoms with E-state index < -0.39 is 5.97 Å². The Hall–Kier alpha value is -1.32. The number of hydrogen-bond acceptors (Lipinski definition) is 2. The Labute approximate surface area is 70.8 Å². The molecule has 0 aliphatic heterocycles. The van der Waals surface area contributed by atoms with E-state index in [9.17, 15) is 4.79 Å². The van der Waals surface area contributed by atoms with Crippen LogP contribution in [0.25, 0.3) is 0 Å². The largest absolute Gasteiger partial charge is 0.481 e. The first-order valence-corrected chi connectivity index (χ1v) is 3.89. The van der Waals surface area contributed by atoms with Crippen LogP contribution in [0.2, 0.25) is 0 Å². The molecule has 0 aromatic carbocycles. The van der Waals surface area contributed by atoms with Gasteiger partial charge < -0.3 is 5.11 Å². The van der Waals surface area contributed by atoms with Crippen molar-refractivity contribution in [2.45, 2.75) is 26.3 Å². The number of aliphatic carboxylic acids is 1. The first-order valence-electron chi connectivity index (χ1n) is 3.89. The van der Waals surface area contributed by atoms with Crippen molar-refractivity contribution in [3.05, 3.63) is 18.0 Å². The molecule has 66 valence electrons. The molecule has 1 aromatic rings. The summed E-state index contributed by atoms with van der Waals surface area (Å²) in [6, 6.07) is 0. The van der Waals surface area contributed by atoms with Crippen molar-refractivity contribution >= 4 is 5.97 Å². The van der Waals surface area contributed by atoms with Gasteiger partial charge in [0.25, 0.3) is 0 Å². The molecule has 1 N–H and O–H groups in total. The second kappa shape index (κ2) is 3.90. The summed E-state index contributed by atoms with van der Waals surface area (Å²) in [7, 11) is 0. The van der Waals surface area contributed by atoms with Gasteiger partial charge in [-0.3, -0.25) is 9.48 Å². The van der Waals surface area contributed by atoms with Crippen LogP contribution in [0.4, 0.5) is 0 Å². The lowest BCUT2D eigenvalue weighted by Gasteiger charge is -1.97. The number of aromatic nitrogens is 2. The summed E-state index contributed by atoms with van der Waals surface area (Å²) in [6.07, 6.45) is 4.51. The average Bonchev–Trinajstić information content (AvgIpc) is 2.35. The Morgan fingerprint density at radius 1 is 1.75 bits per heavy atom. The average molecular weight is 168 g/mol. The molecule has 1 heterocycles. The Kier molecular flexibility index (Phi) is 2.85.